The molecule has 1 aromatic heterocycles. The molecule has 1 aliphatic heterocycles. The largest absolute Gasteiger partial charge is 0.377 e. The zero-order valence-corrected chi connectivity index (χ0v) is 8.99. The first-order valence-electron chi connectivity index (χ1n) is 5.02. The summed E-state index contributed by atoms with van der Waals surface area (Å²) in [5.74, 6) is 0. The second-order valence-corrected chi connectivity index (χ2v) is 3.54. The first-order chi connectivity index (χ1) is 7.36. The molecule has 0 fully saturated rings. The van der Waals surface area contributed by atoms with Crippen molar-refractivity contribution >= 4 is 0 Å². The number of aromatic amines is 1. The van der Waals surface area contributed by atoms with E-state index in [1.54, 1.807) is 14.2 Å². The van der Waals surface area contributed by atoms with Gasteiger partial charge in [0.15, 0.2) is 0 Å². The number of hydrogen-bond acceptors (Lipinski definition) is 5. The van der Waals surface area contributed by atoms with Crippen LogP contribution in [0.4, 0.5) is 0 Å². The molecule has 2 rings (SSSR count). The average Bonchev–Trinajstić information content (AvgIpc) is 2.66. The Morgan fingerprint density at radius 3 is 2.87 bits per heavy atom. The Labute approximate surface area is 88.3 Å². The van der Waals surface area contributed by atoms with Gasteiger partial charge in [0, 0.05) is 33.7 Å². The zero-order valence-electron chi connectivity index (χ0n) is 8.99. The van der Waals surface area contributed by atoms with Crippen LogP contribution in [0.1, 0.15) is 17.5 Å². The van der Waals surface area contributed by atoms with Crippen molar-refractivity contribution in [2.45, 2.75) is 18.6 Å². The van der Waals surface area contributed by atoms with Gasteiger partial charge in [-0.15, -0.1) is 0 Å². The lowest BCUT2D eigenvalue weighted by Crippen LogP contribution is -2.37. The Morgan fingerprint density at radius 2 is 2.13 bits per heavy atom. The molecule has 1 aliphatic rings. The minimum Gasteiger partial charge on any atom is -0.377 e. The molecule has 0 bridgehead atoms. The van der Waals surface area contributed by atoms with Gasteiger partial charge in [-0.3, -0.25) is 0 Å². The highest BCUT2D eigenvalue weighted by molar-refractivity contribution is 5.15. The molecule has 2 N–H and O–H groups in total. The maximum Gasteiger partial charge on any atom is 0.130 e. The molecular formula is C9H16N4O2. The number of fused-ring (bicyclic) bond motifs is 1. The fraction of sp³-hybridized carbons (Fsp3) is 0.778. The van der Waals surface area contributed by atoms with Gasteiger partial charge < -0.3 is 14.8 Å². The molecular weight excluding hydrogens is 196 g/mol. The smallest absolute Gasteiger partial charge is 0.130 e. The molecule has 1 aromatic rings. The Morgan fingerprint density at radius 1 is 1.27 bits per heavy atom. The van der Waals surface area contributed by atoms with E-state index in [0.717, 1.165) is 30.9 Å². The van der Waals surface area contributed by atoms with E-state index < -0.39 is 0 Å². The van der Waals surface area contributed by atoms with Gasteiger partial charge in [0.05, 0.1) is 5.69 Å². The van der Waals surface area contributed by atoms with E-state index in [0.29, 0.717) is 0 Å². The standard InChI is InChI=1S/C9H16N4O2/c1-14-7-5-10-4-3-6-8(9(7)15-2)12-13-11-6/h7,9-10H,3-5H2,1-2H3,(H,11,12,13). The highest BCUT2D eigenvalue weighted by Crippen LogP contribution is 2.23. The van der Waals surface area contributed by atoms with Crippen LogP contribution in [0.3, 0.4) is 0 Å². The van der Waals surface area contributed by atoms with Crippen molar-refractivity contribution in [2.24, 2.45) is 0 Å². The highest BCUT2D eigenvalue weighted by Gasteiger charge is 2.29. The fourth-order valence-corrected chi connectivity index (χ4v) is 1.88. The summed E-state index contributed by atoms with van der Waals surface area (Å²) >= 11 is 0. The zero-order chi connectivity index (χ0) is 10.7. The Kier molecular flexibility index (Phi) is 3.30. The van der Waals surface area contributed by atoms with Crippen molar-refractivity contribution in [3.8, 4) is 0 Å². The van der Waals surface area contributed by atoms with Gasteiger partial charge in [-0.1, -0.05) is 0 Å². The van der Waals surface area contributed by atoms with E-state index in [9.17, 15) is 0 Å². The molecule has 6 heteroatoms. The van der Waals surface area contributed by atoms with Gasteiger partial charge in [0.2, 0.25) is 0 Å². The minimum atomic E-state index is -0.156. The minimum absolute atomic E-state index is 0.0286. The molecule has 0 radical (unpaired) electrons. The third-order valence-corrected chi connectivity index (χ3v) is 2.70. The van der Waals surface area contributed by atoms with Crippen molar-refractivity contribution in [1.29, 1.82) is 0 Å². The van der Waals surface area contributed by atoms with Gasteiger partial charge in [-0.2, -0.15) is 15.4 Å². The number of H-pyrrole nitrogens is 1. The van der Waals surface area contributed by atoms with Gasteiger partial charge in [0.25, 0.3) is 0 Å². The fourth-order valence-electron chi connectivity index (χ4n) is 1.88. The molecule has 0 aliphatic carbocycles. The van der Waals surface area contributed by atoms with Crippen molar-refractivity contribution < 1.29 is 9.47 Å². The molecule has 0 spiro atoms. The van der Waals surface area contributed by atoms with Crippen LogP contribution in [0.5, 0.6) is 0 Å². The SMILES string of the molecule is COC1CNCCc2n[nH]nc2C1OC. The molecule has 0 amide bonds. The maximum atomic E-state index is 5.43. The molecule has 2 heterocycles. The van der Waals surface area contributed by atoms with E-state index >= 15 is 0 Å². The van der Waals surface area contributed by atoms with Gasteiger partial charge in [-0.05, 0) is 0 Å². The van der Waals surface area contributed by atoms with Crippen molar-refractivity contribution in [3.63, 3.8) is 0 Å². The predicted molar refractivity (Wildman–Crippen MR) is 53.5 cm³/mol. The summed E-state index contributed by atoms with van der Waals surface area (Å²) in [7, 11) is 3.34. The van der Waals surface area contributed by atoms with Crippen molar-refractivity contribution in [1.82, 2.24) is 20.7 Å². The number of nitrogens with one attached hydrogen (secondary N) is 2. The average molecular weight is 212 g/mol. The molecule has 84 valence electrons. The summed E-state index contributed by atoms with van der Waals surface area (Å²) in [4.78, 5) is 0. The number of hydrogen-bond donors (Lipinski definition) is 2. The second kappa shape index (κ2) is 4.69. The lowest BCUT2D eigenvalue weighted by molar-refractivity contribution is -0.0400. The summed E-state index contributed by atoms with van der Waals surface area (Å²) in [5.41, 5.74) is 1.82. The Hall–Kier alpha value is -0.980. The Bertz CT molecular complexity index is 315. The van der Waals surface area contributed by atoms with Crippen molar-refractivity contribution in [2.75, 3.05) is 27.3 Å². The normalized spacial score (nSPS) is 26.8. The topological polar surface area (TPSA) is 72.1 Å². The number of rotatable bonds is 2. The quantitative estimate of drug-likeness (QED) is 0.701. The highest BCUT2D eigenvalue weighted by atomic mass is 16.5. The van der Waals surface area contributed by atoms with E-state index in [2.05, 4.69) is 20.7 Å². The first kappa shape index (κ1) is 10.5. The molecule has 2 atom stereocenters. The Balaban J connectivity index is 2.29. The van der Waals surface area contributed by atoms with E-state index in [4.69, 9.17) is 9.47 Å². The first-order valence-corrected chi connectivity index (χ1v) is 5.02. The van der Waals surface area contributed by atoms with Crippen molar-refractivity contribution in [3.05, 3.63) is 11.4 Å². The maximum absolute atomic E-state index is 5.43. The molecule has 2 unspecified atom stereocenters. The number of methoxy groups -OCH3 is 2. The van der Waals surface area contributed by atoms with Gasteiger partial charge >= 0.3 is 0 Å². The number of ether oxygens (including phenoxy) is 2. The van der Waals surface area contributed by atoms with Crippen LogP contribution in [0.25, 0.3) is 0 Å². The third kappa shape index (κ3) is 2.01. The van der Waals surface area contributed by atoms with Crippen LogP contribution in [-0.4, -0.2) is 48.8 Å². The predicted octanol–water partition coefficient (Wildman–Crippen LogP) is -0.347. The number of nitrogens with zero attached hydrogens (tertiary/aromatic N) is 2. The van der Waals surface area contributed by atoms with E-state index in [1.165, 1.54) is 0 Å². The molecule has 6 nitrogen and oxygen atoms in total. The molecule has 0 saturated heterocycles. The van der Waals surface area contributed by atoms with Crippen LogP contribution in [0, 0.1) is 0 Å². The summed E-state index contributed by atoms with van der Waals surface area (Å²) in [6, 6.07) is 0. The lowest BCUT2D eigenvalue weighted by atomic mass is 10.0. The number of aromatic nitrogens is 3. The molecule has 15 heavy (non-hydrogen) atoms. The summed E-state index contributed by atoms with van der Waals surface area (Å²) in [5, 5.41) is 14.2. The molecule has 0 saturated carbocycles. The van der Waals surface area contributed by atoms with Crippen LogP contribution >= 0.6 is 0 Å². The van der Waals surface area contributed by atoms with E-state index in [-0.39, 0.29) is 12.2 Å². The van der Waals surface area contributed by atoms with Crippen LogP contribution in [0.2, 0.25) is 0 Å². The molecule has 0 aromatic carbocycles. The van der Waals surface area contributed by atoms with Gasteiger partial charge in [-0.25, -0.2) is 0 Å². The second-order valence-electron chi connectivity index (χ2n) is 3.54. The summed E-state index contributed by atoms with van der Waals surface area (Å²) in [6.45, 7) is 1.65. The monoisotopic (exact) mass is 212 g/mol. The summed E-state index contributed by atoms with van der Waals surface area (Å²) < 4.78 is 10.8. The van der Waals surface area contributed by atoms with Crippen LogP contribution in [-0.2, 0) is 15.9 Å². The summed E-state index contributed by atoms with van der Waals surface area (Å²) in [6.07, 6.45) is 0.679. The van der Waals surface area contributed by atoms with Crippen LogP contribution < -0.4 is 5.32 Å². The van der Waals surface area contributed by atoms with Crippen LogP contribution in [0.15, 0.2) is 0 Å². The third-order valence-electron chi connectivity index (χ3n) is 2.70. The lowest BCUT2D eigenvalue weighted by Gasteiger charge is -2.26. The van der Waals surface area contributed by atoms with Gasteiger partial charge in [0.1, 0.15) is 17.9 Å². The van der Waals surface area contributed by atoms with E-state index in [1.807, 2.05) is 0 Å².